The van der Waals surface area contributed by atoms with Gasteiger partial charge in [0.15, 0.2) is 0 Å². The highest BCUT2D eigenvalue weighted by atomic mass is 19.4. The van der Waals surface area contributed by atoms with Crippen molar-refractivity contribution < 1.29 is 31.5 Å². The SMILES string of the molecule is CC(C)CCCOC(=O)C(F)(F)C(F)(F)F. The monoisotopic (exact) mass is 248 g/mol. The lowest BCUT2D eigenvalue weighted by Crippen LogP contribution is -2.45. The van der Waals surface area contributed by atoms with Crippen LogP contribution in [0.25, 0.3) is 0 Å². The van der Waals surface area contributed by atoms with Crippen molar-refractivity contribution in [2.75, 3.05) is 6.61 Å². The Morgan fingerprint density at radius 3 is 2.06 bits per heavy atom. The number of hydrogen-bond acceptors (Lipinski definition) is 2. The molecule has 0 N–H and O–H groups in total. The average molecular weight is 248 g/mol. The van der Waals surface area contributed by atoms with Crippen molar-refractivity contribution in [1.82, 2.24) is 0 Å². The van der Waals surface area contributed by atoms with Crippen molar-refractivity contribution in [2.24, 2.45) is 5.92 Å². The van der Waals surface area contributed by atoms with E-state index >= 15 is 0 Å². The zero-order valence-corrected chi connectivity index (χ0v) is 8.90. The van der Waals surface area contributed by atoms with Crippen molar-refractivity contribution in [3.05, 3.63) is 0 Å². The van der Waals surface area contributed by atoms with Crippen LogP contribution in [0, 0.1) is 5.92 Å². The summed E-state index contributed by atoms with van der Waals surface area (Å²) in [4.78, 5) is 10.5. The molecule has 0 unspecified atom stereocenters. The number of hydrogen-bond donors (Lipinski definition) is 0. The minimum Gasteiger partial charge on any atom is -0.461 e. The topological polar surface area (TPSA) is 26.3 Å². The number of halogens is 5. The van der Waals surface area contributed by atoms with Crippen LogP contribution in [0.15, 0.2) is 0 Å². The summed E-state index contributed by atoms with van der Waals surface area (Å²) < 4.78 is 63.5. The second-order valence-electron chi connectivity index (χ2n) is 3.74. The fourth-order valence-electron chi connectivity index (χ4n) is 0.863. The van der Waals surface area contributed by atoms with Gasteiger partial charge in [-0.15, -0.1) is 0 Å². The van der Waals surface area contributed by atoms with Crippen LogP contribution >= 0.6 is 0 Å². The molecule has 2 nitrogen and oxygen atoms in total. The smallest absolute Gasteiger partial charge is 0.461 e. The fraction of sp³-hybridized carbons (Fsp3) is 0.889. The third-order valence-electron chi connectivity index (χ3n) is 1.77. The van der Waals surface area contributed by atoms with Crippen molar-refractivity contribution in [1.29, 1.82) is 0 Å². The molecule has 0 aromatic heterocycles. The molecule has 0 aliphatic heterocycles. The van der Waals surface area contributed by atoms with Crippen LogP contribution in [0.4, 0.5) is 22.0 Å². The molecule has 0 atom stereocenters. The maximum atomic E-state index is 12.3. The summed E-state index contributed by atoms with van der Waals surface area (Å²) in [6.45, 7) is 3.28. The number of carbonyl (C=O) groups is 1. The van der Waals surface area contributed by atoms with Crippen LogP contribution < -0.4 is 0 Å². The van der Waals surface area contributed by atoms with E-state index < -0.39 is 24.7 Å². The zero-order chi connectivity index (χ0) is 13.0. The highest BCUT2D eigenvalue weighted by Gasteiger charge is 2.64. The molecular weight excluding hydrogens is 235 g/mol. The van der Waals surface area contributed by atoms with E-state index in [0.29, 0.717) is 6.42 Å². The highest BCUT2D eigenvalue weighted by Crippen LogP contribution is 2.36. The number of rotatable bonds is 5. The standard InChI is InChI=1S/C9H13F5O2/c1-6(2)4-3-5-16-7(15)8(10,11)9(12,13)14/h6H,3-5H2,1-2H3. The normalized spacial score (nSPS) is 13.0. The molecule has 0 aliphatic carbocycles. The van der Waals surface area contributed by atoms with Gasteiger partial charge in [-0.25, -0.2) is 4.79 Å². The minimum atomic E-state index is -5.90. The summed E-state index contributed by atoms with van der Waals surface area (Å²) in [5.41, 5.74) is 0. The molecule has 96 valence electrons. The van der Waals surface area contributed by atoms with Crippen LogP contribution in [-0.4, -0.2) is 24.7 Å². The Kier molecular flexibility index (Phi) is 5.15. The van der Waals surface area contributed by atoms with Gasteiger partial charge in [-0.3, -0.25) is 0 Å². The number of esters is 1. The predicted octanol–water partition coefficient (Wildman–Crippen LogP) is 3.16. The van der Waals surface area contributed by atoms with Gasteiger partial charge in [-0.1, -0.05) is 13.8 Å². The Balaban J connectivity index is 4.07. The summed E-state index contributed by atoms with van der Waals surface area (Å²) >= 11 is 0. The van der Waals surface area contributed by atoms with Gasteiger partial charge >= 0.3 is 18.1 Å². The number of ether oxygens (including phenoxy) is 1. The average Bonchev–Trinajstić information content (AvgIpc) is 2.09. The number of alkyl halides is 5. The van der Waals surface area contributed by atoms with Crippen LogP contribution in [0.1, 0.15) is 26.7 Å². The van der Waals surface area contributed by atoms with E-state index in [9.17, 15) is 26.7 Å². The maximum Gasteiger partial charge on any atom is 0.465 e. The largest absolute Gasteiger partial charge is 0.465 e. The molecule has 0 saturated carbocycles. The van der Waals surface area contributed by atoms with Gasteiger partial charge in [0.25, 0.3) is 0 Å². The van der Waals surface area contributed by atoms with E-state index in [-0.39, 0.29) is 12.3 Å². The molecule has 16 heavy (non-hydrogen) atoms. The molecule has 0 radical (unpaired) electrons. The van der Waals surface area contributed by atoms with Crippen LogP contribution in [0.5, 0.6) is 0 Å². The summed E-state index contributed by atoms with van der Waals surface area (Å²) in [6, 6.07) is 0. The Labute approximate surface area is 89.8 Å². The molecular formula is C9H13F5O2. The molecule has 0 bridgehead atoms. The van der Waals surface area contributed by atoms with Gasteiger partial charge in [0.1, 0.15) is 0 Å². The minimum absolute atomic E-state index is 0.261. The summed E-state index contributed by atoms with van der Waals surface area (Å²) in [5, 5.41) is 0. The van der Waals surface area contributed by atoms with Crippen LogP contribution in [0.2, 0.25) is 0 Å². The first-order valence-electron chi connectivity index (χ1n) is 4.70. The molecule has 0 amide bonds. The summed E-state index contributed by atoms with van der Waals surface area (Å²) in [5.74, 6) is -7.70. The van der Waals surface area contributed by atoms with Crippen molar-refractivity contribution in [3.63, 3.8) is 0 Å². The molecule has 0 rings (SSSR count). The van der Waals surface area contributed by atoms with E-state index in [1.165, 1.54) is 0 Å². The molecule has 0 saturated heterocycles. The molecule has 0 fully saturated rings. The summed E-state index contributed by atoms with van der Waals surface area (Å²) in [6.07, 6.45) is -5.05. The molecule has 0 heterocycles. The van der Waals surface area contributed by atoms with E-state index in [4.69, 9.17) is 0 Å². The summed E-state index contributed by atoms with van der Waals surface area (Å²) in [7, 11) is 0. The van der Waals surface area contributed by atoms with E-state index in [0.717, 1.165) is 0 Å². The fourth-order valence-corrected chi connectivity index (χ4v) is 0.863. The van der Waals surface area contributed by atoms with Crippen molar-refractivity contribution >= 4 is 5.97 Å². The van der Waals surface area contributed by atoms with E-state index in [2.05, 4.69) is 4.74 Å². The molecule has 7 heteroatoms. The van der Waals surface area contributed by atoms with Crippen molar-refractivity contribution in [2.45, 2.75) is 38.8 Å². The molecule has 0 aromatic rings. The van der Waals surface area contributed by atoms with Crippen LogP contribution in [-0.2, 0) is 9.53 Å². The Morgan fingerprint density at radius 1 is 1.19 bits per heavy atom. The molecule has 0 aromatic carbocycles. The highest BCUT2D eigenvalue weighted by molar-refractivity contribution is 5.78. The third-order valence-corrected chi connectivity index (χ3v) is 1.77. The first kappa shape index (κ1) is 15.1. The van der Waals surface area contributed by atoms with Crippen LogP contribution in [0.3, 0.4) is 0 Å². The first-order chi connectivity index (χ1) is 7.09. The first-order valence-corrected chi connectivity index (χ1v) is 4.70. The predicted molar refractivity (Wildman–Crippen MR) is 46.0 cm³/mol. The van der Waals surface area contributed by atoms with E-state index in [1.54, 1.807) is 0 Å². The number of carbonyl (C=O) groups excluding carboxylic acids is 1. The van der Waals surface area contributed by atoms with Gasteiger partial charge in [0, 0.05) is 0 Å². The van der Waals surface area contributed by atoms with Crippen molar-refractivity contribution in [3.8, 4) is 0 Å². The second-order valence-corrected chi connectivity index (χ2v) is 3.74. The lowest BCUT2D eigenvalue weighted by molar-refractivity contribution is -0.280. The Hall–Kier alpha value is -0.880. The quantitative estimate of drug-likeness (QED) is 0.424. The second kappa shape index (κ2) is 5.45. The van der Waals surface area contributed by atoms with Gasteiger partial charge in [0.05, 0.1) is 6.61 Å². The maximum absolute atomic E-state index is 12.3. The lowest BCUT2D eigenvalue weighted by atomic mass is 10.1. The lowest BCUT2D eigenvalue weighted by Gasteiger charge is -2.17. The molecule has 0 aliphatic rings. The Bertz CT molecular complexity index is 235. The Morgan fingerprint density at radius 2 is 1.69 bits per heavy atom. The van der Waals surface area contributed by atoms with Gasteiger partial charge in [-0.05, 0) is 18.8 Å². The van der Waals surface area contributed by atoms with Gasteiger partial charge < -0.3 is 4.74 Å². The van der Waals surface area contributed by atoms with Gasteiger partial charge in [-0.2, -0.15) is 22.0 Å². The van der Waals surface area contributed by atoms with E-state index in [1.807, 2.05) is 13.8 Å². The third kappa shape index (κ3) is 4.32. The molecule has 0 spiro atoms. The van der Waals surface area contributed by atoms with Gasteiger partial charge in [0.2, 0.25) is 0 Å². The zero-order valence-electron chi connectivity index (χ0n) is 8.90.